The van der Waals surface area contributed by atoms with Crippen LogP contribution in [0.3, 0.4) is 0 Å². The van der Waals surface area contributed by atoms with E-state index in [1.807, 2.05) is 0 Å². The van der Waals surface area contributed by atoms with E-state index in [0.29, 0.717) is 12.1 Å². The van der Waals surface area contributed by atoms with E-state index in [4.69, 9.17) is 0 Å². The molecule has 0 N–H and O–H groups in total. The van der Waals surface area contributed by atoms with Crippen LogP contribution in [0.1, 0.15) is 19.8 Å². The first-order valence-electron chi connectivity index (χ1n) is 4.31. The fourth-order valence-electron chi connectivity index (χ4n) is 2.04. The molecule has 2 unspecified atom stereocenters. The van der Waals surface area contributed by atoms with Crippen LogP contribution in [0.25, 0.3) is 5.32 Å². The van der Waals surface area contributed by atoms with Gasteiger partial charge in [-0.25, -0.2) is 0 Å². The summed E-state index contributed by atoms with van der Waals surface area (Å²) in [7, 11) is 0. The SMILES string of the molecule is CCN1CC2CCC(C1)[N-]2.[K+]. The first-order valence-corrected chi connectivity index (χ1v) is 4.31. The Morgan fingerprint density at radius 1 is 1.27 bits per heavy atom. The zero-order valence-electron chi connectivity index (χ0n) is 7.58. The number of hydrogen-bond acceptors (Lipinski definition) is 1. The molecular weight excluding hydrogens is 163 g/mol. The number of fused-ring (bicyclic) bond motifs is 2. The summed E-state index contributed by atoms with van der Waals surface area (Å²) in [5.74, 6) is 0. The number of likely N-dealkylation sites (tertiary alicyclic amines) is 1. The summed E-state index contributed by atoms with van der Waals surface area (Å²) >= 11 is 0. The summed E-state index contributed by atoms with van der Waals surface area (Å²) < 4.78 is 0. The van der Waals surface area contributed by atoms with Gasteiger partial charge in [0.25, 0.3) is 0 Å². The Bertz CT molecular complexity index is 117. The molecule has 0 aromatic rings. The molecule has 0 aromatic heterocycles. The van der Waals surface area contributed by atoms with Crippen LogP contribution in [0, 0.1) is 0 Å². The molecule has 3 heteroatoms. The van der Waals surface area contributed by atoms with Crippen molar-refractivity contribution in [1.82, 2.24) is 4.90 Å². The number of rotatable bonds is 1. The van der Waals surface area contributed by atoms with Crippen molar-refractivity contribution in [3.63, 3.8) is 0 Å². The van der Waals surface area contributed by atoms with Crippen LogP contribution in [0.15, 0.2) is 0 Å². The largest absolute Gasteiger partial charge is 1.00 e. The predicted octanol–water partition coefficient (Wildman–Crippen LogP) is -1.77. The summed E-state index contributed by atoms with van der Waals surface area (Å²) in [4.78, 5) is 2.52. The van der Waals surface area contributed by atoms with E-state index in [9.17, 15) is 0 Å². The van der Waals surface area contributed by atoms with Crippen LogP contribution in [-0.4, -0.2) is 36.6 Å². The monoisotopic (exact) mass is 178 g/mol. The Balaban J connectivity index is 0.000000605. The van der Waals surface area contributed by atoms with Crippen LogP contribution in [0.4, 0.5) is 0 Å². The molecule has 0 spiro atoms. The van der Waals surface area contributed by atoms with Gasteiger partial charge in [0.1, 0.15) is 0 Å². The van der Waals surface area contributed by atoms with Gasteiger partial charge in [-0.1, -0.05) is 19.8 Å². The van der Waals surface area contributed by atoms with Crippen molar-refractivity contribution in [3.8, 4) is 0 Å². The Labute approximate surface area is 112 Å². The fourth-order valence-corrected chi connectivity index (χ4v) is 2.04. The van der Waals surface area contributed by atoms with Crippen molar-refractivity contribution < 1.29 is 51.4 Å². The van der Waals surface area contributed by atoms with E-state index in [1.165, 1.54) is 32.5 Å². The van der Waals surface area contributed by atoms with Crippen molar-refractivity contribution in [2.24, 2.45) is 0 Å². The van der Waals surface area contributed by atoms with Gasteiger partial charge in [0, 0.05) is 0 Å². The molecule has 2 fully saturated rings. The maximum atomic E-state index is 4.65. The van der Waals surface area contributed by atoms with Gasteiger partial charge in [-0.3, -0.25) is 0 Å². The summed E-state index contributed by atoms with van der Waals surface area (Å²) in [6.45, 7) is 5.91. The van der Waals surface area contributed by atoms with Crippen LogP contribution in [0.2, 0.25) is 0 Å². The zero-order chi connectivity index (χ0) is 6.97. The number of likely N-dealkylation sites (N-methyl/N-ethyl adjacent to an activating group) is 1. The zero-order valence-corrected chi connectivity index (χ0v) is 10.7. The van der Waals surface area contributed by atoms with Crippen molar-refractivity contribution in [3.05, 3.63) is 5.32 Å². The molecule has 0 aromatic carbocycles. The molecule has 0 aliphatic carbocycles. The number of hydrogen-bond donors (Lipinski definition) is 0. The normalized spacial score (nSPS) is 36.8. The van der Waals surface area contributed by atoms with Gasteiger partial charge in [0.15, 0.2) is 0 Å². The third-order valence-corrected chi connectivity index (χ3v) is 2.64. The Morgan fingerprint density at radius 3 is 2.27 bits per heavy atom. The van der Waals surface area contributed by atoms with Crippen LogP contribution >= 0.6 is 0 Å². The summed E-state index contributed by atoms with van der Waals surface area (Å²) in [6.07, 6.45) is 2.70. The van der Waals surface area contributed by atoms with Crippen LogP contribution < -0.4 is 51.4 Å². The van der Waals surface area contributed by atoms with Crippen molar-refractivity contribution >= 4 is 0 Å². The van der Waals surface area contributed by atoms with E-state index in [1.54, 1.807) is 0 Å². The van der Waals surface area contributed by atoms with E-state index in [-0.39, 0.29) is 51.4 Å². The van der Waals surface area contributed by atoms with E-state index in [0.717, 1.165) is 0 Å². The average Bonchev–Trinajstić information content (AvgIpc) is 2.30. The third-order valence-electron chi connectivity index (χ3n) is 2.64. The third kappa shape index (κ3) is 2.50. The molecule has 2 atom stereocenters. The molecule has 2 saturated heterocycles. The molecule has 0 amide bonds. The second-order valence-corrected chi connectivity index (χ2v) is 3.39. The molecule has 58 valence electrons. The second-order valence-electron chi connectivity index (χ2n) is 3.39. The predicted molar refractivity (Wildman–Crippen MR) is 42.3 cm³/mol. The summed E-state index contributed by atoms with van der Waals surface area (Å²) in [6, 6.07) is 1.39. The molecule has 2 heterocycles. The minimum Gasteiger partial charge on any atom is -0.655 e. The second kappa shape index (κ2) is 4.70. The number of piperazine rings is 1. The van der Waals surface area contributed by atoms with Gasteiger partial charge in [-0.15, -0.1) is 12.1 Å². The number of nitrogens with zero attached hydrogens (tertiary/aromatic N) is 2. The van der Waals surface area contributed by atoms with Gasteiger partial charge < -0.3 is 10.2 Å². The molecule has 11 heavy (non-hydrogen) atoms. The fraction of sp³-hybridized carbons (Fsp3) is 1.00. The minimum atomic E-state index is 0. The Kier molecular flexibility index (Phi) is 4.54. The van der Waals surface area contributed by atoms with E-state index >= 15 is 0 Å². The molecular formula is C8H15KN2. The summed E-state index contributed by atoms with van der Waals surface area (Å²) in [5, 5.41) is 4.65. The van der Waals surface area contributed by atoms with Crippen molar-refractivity contribution in [2.45, 2.75) is 31.8 Å². The maximum absolute atomic E-state index is 4.65. The van der Waals surface area contributed by atoms with Crippen LogP contribution in [-0.2, 0) is 0 Å². The maximum Gasteiger partial charge on any atom is 1.00 e. The molecule has 2 nitrogen and oxygen atoms in total. The Morgan fingerprint density at radius 2 is 1.82 bits per heavy atom. The van der Waals surface area contributed by atoms with E-state index < -0.39 is 0 Å². The molecule has 2 aliphatic heterocycles. The smallest absolute Gasteiger partial charge is 0.655 e. The Hall–Kier alpha value is 1.56. The standard InChI is InChI=1S/C8H15N2.K/c1-2-10-5-7-3-4-8(6-10)9-7;/h7-8H,2-6H2,1H3;/q-1;+1. The molecule has 2 aliphatic rings. The minimum absolute atomic E-state index is 0. The van der Waals surface area contributed by atoms with Gasteiger partial charge in [-0.05, 0) is 19.6 Å². The van der Waals surface area contributed by atoms with E-state index in [2.05, 4.69) is 17.1 Å². The first kappa shape index (κ1) is 10.6. The van der Waals surface area contributed by atoms with Crippen molar-refractivity contribution in [2.75, 3.05) is 19.6 Å². The molecule has 2 rings (SSSR count). The molecule has 0 radical (unpaired) electrons. The molecule has 2 bridgehead atoms. The van der Waals surface area contributed by atoms with Crippen molar-refractivity contribution in [1.29, 1.82) is 0 Å². The topological polar surface area (TPSA) is 17.3 Å². The first-order chi connectivity index (χ1) is 4.88. The van der Waals surface area contributed by atoms with Gasteiger partial charge in [-0.2, -0.15) is 0 Å². The molecule has 0 saturated carbocycles. The van der Waals surface area contributed by atoms with Gasteiger partial charge in [0.05, 0.1) is 0 Å². The summed E-state index contributed by atoms with van der Waals surface area (Å²) in [5.41, 5.74) is 0. The average molecular weight is 178 g/mol. The van der Waals surface area contributed by atoms with Crippen LogP contribution in [0.5, 0.6) is 0 Å². The van der Waals surface area contributed by atoms with Gasteiger partial charge in [0.2, 0.25) is 0 Å². The van der Waals surface area contributed by atoms with Gasteiger partial charge >= 0.3 is 51.4 Å². The quantitative estimate of drug-likeness (QED) is 0.435.